The highest BCUT2D eigenvalue weighted by molar-refractivity contribution is 5.45. The van der Waals surface area contributed by atoms with Crippen molar-refractivity contribution in [3.8, 4) is 0 Å². The van der Waals surface area contributed by atoms with Crippen molar-refractivity contribution in [3.63, 3.8) is 0 Å². The Hall–Kier alpha value is -1.11. The third kappa shape index (κ3) is 0.515. The topological polar surface area (TPSA) is 12.4 Å². The number of rotatable bonds is 0. The molecule has 0 bridgehead atoms. The SMILES string of the molecule is CC1=c2ccccc2=N1. The smallest absolute Gasteiger partial charge is 0.0723 e. The van der Waals surface area contributed by atoms with Crippen LogP contribution in [0, 0.1) is 0 Å². The predicted octanol–water partition coefficient (Wildman–Crippen LogP) is 0.448. The van der Waals surface area contributed by atoms with Gasteiger partial charge in [-0.25, -0.2) is 0 Å². The number of hydrogen-bond donors (Lipinski definition) is 0. The summed E-state index contributed by atoms with van der Waals surface area (Å²) in [4.78, 5) is 4.20. The van der Waals surface area contributed by atoms with Crippen molar-refractivity contribution < 1.29 is 0 Å². The Morgan fingerprint density at radius 2 is 2.00 bits per heavy atom. The van der Waals surface area contributed by atoms with Crippen LogP contribution < -0.4 is 10.6 Å². The van der Waals surface area contributed by atoms with Crippen LogP contribution in [0.3, 0.4) is 0 Å². The Morgan fingerprint density at radius 3 is 2.56 bits per heavy atom. The molecule has 1 heterocycles. The van der Waals surface area contributed by atoms with Crippen LogP contribution in [0.25, 0.3) is 5.70 Å². The molecule has 1 aromatic rings. The van der Waals surface area contributed by atoms with E-state index >= 15 is 0 Å². The fraction of sp³-hybridized carbons (Fsp3) is 0.125. The van der Waals surface area contributed by atoms with Gasteiger partial charge in [0.2, 0.25) is 0 Å². The zero-order valence-electron chi connectivity index (χ0n) is 5.26. The van der Waals surface area contributed by atoms with E-state index in [0.29, 0.717) is 0 Å². The molecule has 9 heavy (non-hydrogen) atoms. The molecule has 2 rings (SSSR count). The summed E-state index contributed by atoms with van der Waals surface area (Å²) in [5.74, 6) is 0. The Kier molecular flexibility index (Phi) is 0.758. The molecule has 0 atom stereocenters. The summed E-state index contributed by atoms with van der Waals surface area (Å²) in [6, 6.07) is 8.17. The summed E-state index contributed by atoms with van der Waals surface area (Å²) < 4.78 is 0. The summed E-state index contributed by atoms with van der Waals surface area (Å²) >= 11 is 0. The van der Waals surface area contributed by atoms with Crippen LogP contribution in [0.4, 0.5) is 0 Å². The minimum atomic E-state index is 1.13. The number of para-hydroxylation sites is 1. The van der Waals surface area contributed by atoms with Crippen molar-refractivity contribution in [2.75, 3.05) is 0 Å². The highest BCUT2D eigenvalue weighted by Gasteiger charge is 1.98. The second kappa shape index (κ2) is 1.44. The van der Waals surface area contributed by atoms with Crippen molar-refractivity contribution in [2.24, 2.45) is 4.99 Å². The van der Waals surface area contributed by atoms with Gasteiger partial charge in [-0.05, 0) is 13.0 Å². The summed E-state index contributed by atoms with van der Waals surface area (Å²) in [5.41, 5.74) is 1.16. The molecule has 1 aromatic carbocycles. The standard InChI is InChI=1S/C8H7N/c1-6-7-4-2-3-5-8(7)9-6/h2-5H,1H3. The minimum Gasteiger partial charge on any atom is -0.252 e. The molecule has 1 aliphatic heterocycles. The third-order valence-electron chi connectivity index (χ3n) is 1.58. The maximum atomic E-state index is 4.20. The predicted molar refractivity (Wildman–Crippen MR) is 36.3 cm³/mol. The number of hydrogen-bond acceptors (Lipinski definition) is 1. The van der Waals surface area contributed by atoms with Gasteiger partial charge in [0.25, 0.3) is 0 Å². The van der Waals surface area contributed by atoms with E-state index in [2.05, 4.69) is 11.1 Å². The van der Waals surface area contributed by atoms with E-state index < -0.39 is 0 Å². The van der Waals surface area contributed by atoms with E-state index in [1.54, 1.807) is 0 Å². The fourth-order valence-corrected chi connectivity index (χ4v) is 1.07. The van der Waals surface area contributed by atoms with Gasteiger partial charge in [-0.15, -0.1) is 0 Å². The lowest BCUT2D eigenvalue weighted by molar-refractivity contribution is 1.19. The van der Waals surface area contributed by atoms with Crippen molar-refractivity contribution >= 4 is 5.70 Å². The molecule has 0 saturated heterocycles. The van der Waals surface area contributed by atoms with Crippen LogP contribution in [0.1, 0.15) is 6.92 Å². The van der Waals surface area contributed by atoms with E-state index in [1.807, 2.05) is 25.1 Å². The zero-order valence-corrected chi connectivity index (χ0v) is 5.26. The molecule has 0 aliphatic carbocycles. The molecule has 0 amide bonds. The second-order valence-corrected chi connectivity index (χ2v) is 2.21. The Balaban J connectivity index is 2.94. The first-order valence-corrected chi connectivity index (χ1v) is 3.02. The van der Waals surface area contributed by atoms with Gasteiger partial charge in [0, 0.05) is 10.9 Å². The first kappa shape index (κ1) is 4.74. The minimum absolute atomic E-state index is 1.13. The molecule has 1 heteroatoms. The van der Waals surface area contributed by atoms with Gasteiger partial charge in [-0.1, -0.05) is 18.2 Å². The molecular weight excluding hydrogens is 110 g/mol. The van der Waals surface area contributed by atoms with Gasteiger partial charge in [-0.2, -0.15) is 0 Å². The lowest BCUT2D eigenvalue weighted by atomic mass is 10.2. The molecule has 0 fully saturated rings. The van der Waals surface area contributed by atoms with E-state index in [0.717, 1.165) is 11.1 Å². The molecule has 44 valence electrons. The Bertz CT molecular complexity index is 349. The van der Waals surface area contributed by atoms with Gasteiger partial charge in [0.15, 0.2) is 0 Å². The van der Waals surface area contributed by atoms with Crippen molar-refractivity contribution in [3.05, 3.63) is 34.8 Å². The maximum Gasteiger partial charge on any atom is 0.0723 e. The lowest BCUT2D eigenvalue weighted by Crippen LogP contribution is -2.33. The quantitative estimate of drug-likeness (QED) is 0.468. The largest absolute Gasteiger partial charge is 0.252 e. The lowest BCUT2D eigenvalue weighted by Gasteiger charge is -2.01. The van der Waals surface area contributed by atoms with Crippen LogP contribution in [0.5, 0.6) is 0 Å². The highest BCUT2D eigenvalue weighted by Crippen LogP contribution is 1.93. The fourth-order valence-electron chi connectivity index (χ4n) is 1.07. The monoisotopic (exact) mass is 117 g/mol. The average Bonchev–Trinajstić information content (AvgIpc) is 1.86. The second-order valence-electron chi connectivity index (χ2n) is 2.21. The van der Waals surface area contributed by atoms with E-state index in [1.165, 1.54) is 5.22 Å². The maximum absolute atomic E-state index is 4.20. The summed E-state index contributed by atoms with van der Waals surface area (Å²) in [5, 5.41) is 2.44. The van der Waals surface area contributed by atoms with Crippen LogP contribution in [-0.4, -0.2) is 0 Å². The van der Waals surface area contributed by atoms with Crippen LogP contribution >= 0.6 is 0 Å². The molecule has 0 N–H and O–H groups in total. The molecule has 1 nitrogen and oxygen atoms in total. The van der Waals surface area contributed by atoms with Crippen molar-refractivity contribution in [2.45, 2.75) is 6.92 Å². The third-order valence-corrected chi connectivity index (χ3v) is 1.58. The summed E-state index contributed by atoms with van der Waals surface area (Å²) in [6.45, 7) is 2.03. The van der Waals surface area contributed by atoms with Crippen molar-refractivity contribution in [1.29, 1.82) is 0 Å². The zero-order chi connectivity index (χ0) is 6.27. The van der Waals surface area contributed by atoms with E-state index in [-0.39, 0.29) is 0 Å². The van der Waals surface area contributed by atoms with E-state index in [4.69, 9.17) is 0 Å². The van der Waals surface area contributed by atoms with Gasteiger partial charge in [0.05, 0.1) is 5.36 Å². The van der Waals surface area contributed by atoms with Crippen LogP contribution in [0.2, 0.25) is 0 Å². The molecule has 0 unspecified atom stereocenters. The first-order valence-electron chi connectivity index (χ1n) is 3.02. The number of nitrogens with zero attached hydrogens (tertiary/aromatic N) is 1. The normalized spacial score (nSPS) is 13.7. The number of fused-ring (bicyclic) bond motifs is 1. The molecule has 0 saturated carbocycles. The molecule has 0 aromatic heterocycles. The van der Waals surface area contributed by atoms with Crippen LogP contribution in [-0.2, 0) is 0 Å². The van der Waals surface area contributed by atoms with Gasteiger partial charge in [-0.3, -0.25) is 4.99 Å². The summed E-state index contributed by atoms with van der Waals surface area (Å²) in [6.07, 6.45) is 0. The Labute approximate surface area is 53.4 Å². The molecular formula is C8H7N. The van der Waals surface area contributed by atoms with E-state index in [9.17, 15) is 0 Å². The van der Waals surface area contributed by atoms with Gasteiger partial charge < -0.3 is 0 Å². The number of benzene rings is 1. The Morgan fingerprint density at radius 1 is 1.22 bits per heavy atom. The van der Waals surface area contributed by atoms with Crippen LogP contribution in [0.15, 0.2) is 29.3 Å². The highest BCUT2D eigenvalue weighted by atomic mass is 14.8. The first-order chi connectivity index (χ1) is 4.38. The summed E-state index contributed by atoms with van der Waals surface area (Å²) in [7, 11) is 0. The molecule has 0 radical (unpaired) electrons. The average molecular weight is 117 g/mol. The molecule has 0 spiro atoms. The van der Waals surface area contributed by atoms with Crippen molar-refractivity contribution in [1.82, 2.24) is 0 Å². The molecule has 1 aliphatic rings. The van der Waals surface area contributed by atoms with Gasteiger partial charge in [0.1, 0.15) is 0 Å². The van der Waals surface area contributed by atoms with Gasteiger partial charge >= 0.3 is 0 Å².